The largest absolute Gasteiger partial charge is 0.469 e. The summed E-state index contributed by atoms with van der Waals surface area (Å²) in [6, 6.07) is 0. The summed E-state index contributed by atoms with van der Waals surface area (Å²) < 4.78 is 24.1. The molecule has 0 aromatic rings. The Bertz CT molecular complexity index is 252. The van der Waals surface area contributed by atoms with E-state index in [4.69, 9.17) is 14.5 Å². The second-order valence-electron chi connectivity index (χ2n) is 3.05. The van der Waals surface area contributed by atoms with Crippen molar-refractivity contribution in [3.63, 3.8) is 0 Å². The van der Waals surface area contributed by atoms with E-state index in [1.807, 2.05) is 0 Å². The molecule has 1 rings (SSSR count). The van der Waals surface area contributed by atoms with Gasteiger partial charge in [-0.1, -0.05) is 0 Å². The molecular weight excluding hydrogens is 231 g/mol. The third kappa shape index (κ3) is 3.47. The predicted molar refractivity (Wildman–Crippen MR) is 45.7 cm³/mol. The molecule has 4 N–H and O–H groups in total. The summed E-state index contributed by atoms with van der Waals surface area (Å²) in [4.78, 5) is 16.8. The zero-order chi connectivity index (χ0) is 11.6. The Morgan fingerprint density at radius 3 is 2.33 bits per heavy atom. The van der Waals surface area contributed by atoms with Gasteiger partial charge in [0, 0.05) is 7.11 Å². The van der Waals surface area contributed by atoms with Gasteiger partial charge < -0.3 is 29.5 Å². The fourth-order valence-electron chi connectivity index (χ4n) is 1.22. The minimum Gasteiger partial charge on any atom is -0.387 e. The van der Waals surface area contributed by atoms with Crippen LogP contribution in [0.25, 0.3) is 0 Å². The molecule has 1 saturated heterocycles. The standard InChI is InChI=1S/C6H13O8P/c1-12-6-5(8)4(7)3(14-6)2-13-15(9,10)11/h3-8H,2H2,1H3,(H2,9,10,11)/t3-,4-,5+,6+/m1/s1. The monoisotopic (exact) mass is 244 g/mol. The maximum absolute atomic E-state index is 10.4. The Hall–Kier alpha value is -0.0500. The summed E-state index contributed by atoms with van der Waals surface area (Å²) in [6.07, 6.45) is -4.62. The van der Waals surface area contributed by atoms with E-state index in [0.717, 1.165) is 0 Å². The number of rotatable bonds is 4. The van der Waals surface area contributed by atoms with Gasteiger partial charge in [-0.05, 0) is 0 Å². The molecule has 1 aliphatic rings. The first kappa shape index (κ1) is 13.0. The van der Waals surface area contributed by atoms with Crippen molar-refractivity contribution >= 4 is 7.82 Å². The van der Waals surface area contributed by atoms with E-state index in [1.165, 1.54) is 7.11 Å². The van der Waals surface area contributed by atoms with Crippen molar-refractivity contribution in [3.05, 3.63) is 0 Å². The number of aliphatic hydroxyl groups is 2. The summed E-state index contributed by atoms with van der Waals surface area (Å²) in [5.41, 5.74) is 0. The van der Waals surface area contributed by atoms with Gasteiger partial charge in [-0.25, -0.2) is 4.57 Å². The first-order chi connectivity index (χ1) is 6.85. The van der Waals surface area contributed by atoms with Crippen molar-refractivity contribution in [1.29, 1.82) is 0 Å². The Morgan fingerprint density at radius 1 is 1.33 bits per heavy atom. The maximum atomic E-state index is 10.4. The molecule has 0 aromatic heterocycles. The summed E-state index contributed by atoms with van der Waals surface area (Å²) >= 11 is 0. The molecular formula is C6H13O8P. The van der Waals surface area contributed by atoms with Crippen molar-refractivity contribution in [1.82, 2.24) is 0 Å². The molecule has 1 heterocycles. The fourth-order valence-corrected chi connectivity index (χ4v) is 1.56. The molecule has 0 aromatic carbocycles. The van der Waals surface area contributed by atoms with E-state index in [1.54, 1.807) is 0 Å². The van der Waals surface area contributed by atoms with Crippen molar-refractivity contribution in [3.8, 4) is 0 Å². The number of aliphatic hydroxyl groups excluding tert-OH is 2. The van der Waals surface area contributed by atoms with Crippen molar-refractivity contribution in [2.45, 2.75) is 24.6 Å². The van der Waals surface area contributed by atoms with Crippen LogP contribution in [-0.2, 0) is 18.6 Å². The highest BCUT2D eigenvalue weighted by Gasteiger charge is 2.43. The first-order valence-electron chi connectivity index (χ1n) is 4.09. The van der Waals surface area contributed by atoms with Gasteiger partial charge in [-0.3, -0.25) is 4.52 Å². The van der Waals surface area contributed by atoms with Gasteiger partial charge >= 0.3 is 7.82 Å². The van der Waals surface area contributed by atoms with Crippen LogP contribution in [0, 0.1) is 0 Å². The van der Waals surface area contributed by atoms with Crippen LogP contribution in [-0.4, -0.2) is 58.3 Å². The first-order valence-corrected chi connectivity index (χ1v) is 5.62. The van der Waals surface area contributed by atoms with E-state index >= 15 is 0 Å². The number of phosphoric ester groups is 1. The Morgan fingerprint density at radius 2 is 1.93 bits per heavy atom. The van der Waals surface area contributed by atoms with Crippen LogP contribution in [0.2, 0.25) is 0 Å². The lowest BCUT2D eigenvalue weighted by molar-refractivity contribution is -0.152. The molecule has 0 saturated carbocycles. The molecule has 90 valence electrons. The topological polar surface area (TPSA) is 126 Å². The molecule has 0 bridgehead atoms. The predicted octanol–water partition coefficient (Wildman–Crippen LogP) is -1.81. The lowest BCUT2D eigenvalue weighted by Gasteiger charge is -2.14. The van der Waals surface area contributed by atoms with E-state index in [9.17, 15) is 14.8 Å². The van der Waals surface area contributed by atoms with Gasteiger partial charge in [-0.2, -0.15) is 0 Å². The molecule has 0 radical (unpaired) electrons. The van der Waals surface area contributed by atoms with Crippen molar-refractivity contribution < 1.29 is 38.6 Å². The average Bonchev–Trinajstić information content (AvgIpc) is 2.40. The molecule has 1 aliphatic heterocycles. The van der Waals surface area contributed by atoms with Gasteiger partial charge in [0.05, 0.1) is 6.61 Å². The van der Waals surface area contributed by atoms with E-state index in [0.29, 0.717) is 0 Å². The van der Waals surface area contributed by atoms with Crippen LogP contribution < -0.4 is 0 Å². The summed E-state index contributed by atoms with van der Waals surface area (Å²) in [7, 11) is -3.34. The number of ether oxygens (including phenoxy) is 2. The van der Waals surface area contributed by atoms with Crippen molar-refractivity contribution in [2.24, 2.45) is 0 Å². The molecule has 15 heavy (non-hydrogen) atoms. The third-order valence-corrected chi connectivity index (χ3v) is 2.44. The Balaban J connectivity index is 2.47. The van der Waals surface area contributed by atoms with Crippen LogP contribution in [0.3, 0.4) is 0 Å². The Labute approximate surface area is 85.6 Å². The van der Waals surface area contributed by atoms with E-state index in [2.05, 4.69) is 9.26 Å². The highest BCUT2D eigenvalue weighted by molar-refractivity contribution is 7.46. The van der Waals surface area contributed by atoms with Crippen LogP contribution in [0.4, 0.5) is 0 Å². The third-order valence-electron chi connectivity index (χ3n) is 1.96. The number of methoxy groups -OCH3 is 1. The van der Waals surface area contributed by atoms with Gasteiger partial charge in [0.25, 0.3) is 0 Å². The second kappa shape index (κ2) is 4.86. The second-order valence-corrected chi connectivity index (χ2v) is 4.29. The minimum atomic E-state index is -4.61. The number of phosphoric acid groups is 1. The van der Waals surface area contributed by atoms with Crippen LogP contribution in [0.5, 0.6) is 0 Å². The van der Waals surface area contributed by atoms with Gasteiger partial charge in [0.1, 0.15) is 18.3 Å². The van der Waals surface area contributed by atoms with Crippen LogP contribution in [0.1, 0.15) is 0 Å². The van der Waals surface area contributed by atoms with Gasteiger partial charge in [0.15, 0.2) is 6.29 Å². The number of hydrogen-bond donors (Lipinski definition) is 4. The molecule has 9 heteroatoms. The van der Waals surface area contributed by atoms with Gasteiger partial charge in [0.2, 0.25) is 0 Å². The zero-order valence-electron chi connectivity index (χ0n) is 7.89. The molecule has 0 amide bonds. The highest BCUT2D eigenvalue weighted by atomic mass is 31.2. The molecule has 0 aliphatic carbocycles. The number of hydrogen-bond acceptors (Lipinski definition) is 6. The lowest BCUT2D eigenvalue weighted by Crippen LogP contribution is -2.34. The zero-order valence-corrected chi connectivity index (χ0v) is 8.78. The fraction of sp³-hybridized carbons (Fsp3) is 1.00. The minimum absolute atomic E-state index is 0.525. The highest BCUT2D eigenvalue weighted by Crippen LogP contribution is 2.37. The molecule has 4 atom stereocenters. The normalized spacial score (nSPS) is 37.1. The van der Waals surface area contributed by atoms with E-state index in [-0.39, 0.29) is 0 Å². The molecule has 0 unspecified atom stereocenters. The quantitative estimate of drug-likeness (QED) is 0.426. The molecule has 1 fully saturated rings. The summed E-state index contributed by atoms with van der Waals surface area (Å²) in [6.45, 7) is -0.525. The van der Waals surface area contributed by atoms with Gasteiger partial charge in [-0.15, -0.1) is 0 Å². The lowest BCUT2D eigenvalue weighted by atomic mass is 10.1. The van der Waals surface area contributed by atoms with Crippen LogP contribution >= 0.6 is 7.82 Å². The maximum Gasteiger partial charge on any atom is 0.469 e. The molecule has 8 nitrogen and oxygen atoms in total. The summed E-state index contributed by atoms with van der Waals surface area (Å²) in [5.74, 6) is 0. The van der Waals surface area contributed by atoms with E-state index < -0.39 is 39.0 Å². The summed E-state index contributed by atoms with van der Waals surface area (Å²) in [5, 5.41) is 18.7. The van der Waals surface area contributed by atoms with Crippen molar-refractivity contribution in [2.75, 3.05) is 13.7 Å². The average molecular weight is 244 g/mol. The Kier molecular flexibility index (Phi) is 4.21. The SMILES string of the molecule is CO[C@H]1O[C@H](COP(=O)(O)O)[C@@H](O)[C@@H]1O. The molecule has 0 spiro atoms. The van der Waals surface area contributed by atoms with Crippen LogP contribution in [0.15, 0.2) is 0 Å². The smallest absolute Gasteiger partial charge is 0.387 e.